The van der Waals surface area contributed by atoms with Crippen LogP contribution in [0.1, 0.15) is 29.4 Å². The first kappa shape index (κ1) is 13.1. The van der Waals surface area contributed by atoms with E-state index in [-0.39, 0.29) is 0 Å². The van der Waals surface area contributed by atoms with Crippen LogP contribution < -0.4 is 4.74 Å². The van der Waals surface area contributed by atoms with E-state index in [1.807, 2.05) is 25.5 Å². The number of hydrogen-bond donors (Lipinski definition) is 1. The molecule has 1 unspecified atom stereocenters. The Morgan fingerprint density at radius 2 is 2.10 bits per heavy atom. The van der Waals surface area contributed by atoms with Crippen LogP contribution in [0.3, 0.4) is 0 Å². The predicted octanol–water partition coefficient (Wildman–Crippen LogP) is 1.51. The fraction of sp³-hybridized carbons (Fsp3) is 0.500. The maximum Gasteiger partial charge on any atom is 0.316 e. The van der Waals surface area contributed by atoms with Gasteiger partial charge in [-0.15, -0.1) is 0 Å². The lowest BCUT2D eigenvalue weighted by atomic mass is 10.1. The van der Waals surface area contributed by atoms with E-state index < -0.39 is 0 Å². The number of methoxy groups -OCH3 is 1. The van der Waals surface area contributed by atoms with Crippen molar-refractivity contribution in [3.8, 4) is 6.01 Å². The first-order valence-electron chi connectivity index (χ1n) is 6.83. The fourth-order valence-corrected chi connectivity index (χ4v) is 2.63. The number of H-pyrrole nitrogens is 1. The van der Waals surface area contributed by atoms with E-state index in [2.05, 4.69) is 24.8 Å². The highest BCUT2D eigenvalue weighted by molar-refractivity contribution is 5.10. The number of aromatic nitrogens is 4. The van der Waals surface area contributed by atoms with E-state index in [1.54, 1.807) is 7.11 Å². The third-order valence-electron chi connectivity index (χ3n) is 3.65. The van der Waals surface area contributed by atoms with Gasteiger partial charge in [-0.2, -0.15) is 0 Å². The number of ether oxygens (including phenoxy) is 1. The van der Waals surface area contributed by atoms with Crippen molar-refractivity contribution in [2.45, 2.75) is 25.8 Å². The standard InChI is InChI=1S/C14H19N5O/c1-10-5-15-13(18-10)12-3-4-19(9-12)8-11-6-16-14(20-2)17-7-11/h5-7,12H,3-4,8-9H2,1-2H3,(H,15,18). The minimum absolute atomic E-state index is 0.416. The zero-order valence-corrected chi connectivity index (χ0v) is 11.8. The van der Waals surface area contributed by atoms with Crippen LogP contribution in [0.5, 0.6) is 6.01 Å². The lowest BCUT2D eigenvalue weighted by Gasteiger charge is -2.15. The fourth-order valence-electron chi connectivity index (χ4n) is 2.63. The summed E-state index contributed by atoms with van der Waals surface area (Å²) >= 11 is 0. The topological polar surface area (TPSA) is 66.9 Å². The highest BCUT2D eigenvalue weighted by atomic mass is 16.5. The van der Waals surface area contributed by atoms with E-state index >= 15 is 0 Å². The summed E-state index contributed by atoms with van der Waals surface area (Å²) in [6.45, 7) is 5.02. The average Bonchev–Trinajstić information content (AvgIpc) is 3.09. The molecule has 0 saturated carbocycles. The number of aryl methyl sites for hydroxylation is 1. The largest absolute Gasteiger partial charge is 0.467 e. The molecule has 1 aliphatic rings. The van der Waals surface area contributed by atoms with Gasteiger partial charge in [0.05, 0.1) is 7.11 Å². The van der Waals surface area contributed by atoms with Crippen LogP contribution in [0.25, 0.3) is 0 Å². The van der Waals surface area contributed by atoms with Gasteiger partial charge in [-0.25, -0.2) is 15.0 Å². The number of imidazole rings is 1. The molecule has 2 aromatic rings. The molecular formula is C14H19N5O. The first-order chi connectivity index (χ1) is 9.74. The highest BCUT2D eigenvalue weighted by Crippen LogP contribution is 2.26. The minimum Gasteiger partial charge on any atom is -0.467 e. The Morgan fingerprint density at radius 1 is 1.30 bits per heavy atom. The molecule has 3 rings (SSSR count). The van der Waals surface area contributed by atoms with Gasteiger partial charge in [-0.1, -0.05) is 0 Å². The summed E-state index contributed by atoms with van der Waals surface area (Å²) in [5.41, 5.74) is 2.24. The molecule has 0 bridgehead atoms. The second-order valence-electron chi connectivity index (χ2n) is 5.25. The molecule has 20 heavy (non-hydrogen) atoms. The third kappa shape index (κ3) is 2.80. The zero-order chi connectivity index (χ0) is 13.9. The molecule has 1 N–H and O–H groups in total. The molecule has 0 aromatic carbocycles. The van der Waals surface area contributed by atoms with Crippen molar-refractivity contribution in [3.63, 3.8) is 0 Å². The lowest BCUT2D eigenvalue weighted by Crippen LogP contribution is -2.20. The summed E-state index contributed by atoms with van der Waals surface area (Å²) in [6, 6.07) is 0.416. The molecule has 1 atom stereocenters. The smallest absolute Gasteiger partial charge is 0.316 e. The van der Waals surface area contributed by atoms with E-state index in [9.17, 15) is 0 Å². The molecule has 0 spiro atoms. The molecule has 0 aliphatic carbocycles. The number of hydrogen-bond acceptors (Lipinski definition) is 5. The van der Waals surface area contributed by atoms with Gasteiger partial charge >= 0.3 is 6.01 Å². The van der Waals surface area contributed by atoms with Crippen molar-refractivity contribution >= 4 is 0 Å². The van der Waals surface area contributed by atoms with Gasteiger partial charge in [0, 0.05) is 48.9 Å². The van der Waals surface area contributed by atoms with E-state index in [0.29, 0.717) is 11.9 Å². The van der Waals surface area contributed by atoms with Crippen LogP contribution in [-0.4, -0.2) is 45.0 Å². The molecule has 1 aliphatic heterocycles. The van der Waals surface area contributed by atoms with Crippen molar-refractivity contribution < 1.29 is 4.74 Å². The van der Waals surface area contributed by atoms with Gasteiger partial charge in [-0.05, 0) is 19.9 Å². The van der Waals surface area contributed by atoms with Crippen molar-refractivity contribution in [2.75, 3.05) is 20.2 Å². The maximum absolute atomic E-state index is 4.97. The third-order valence-corrected chi connectivity index (χ3v) is 3.65. The predicted molar refractivity (Wildman–Crippen MR) is 74.5 cm³/mol. The zero-order valence-electron chi connectivity index (χ0n) is 11.8. The van der Waals surface area contributed by atoms with Crippen LogP contribution in [0.15, 0.2) is 18.6 Å². The van der Waals surface area contributed by atoms with Crippen molar-refractivity contribution in [2.24, 2.45) is 0 Å². The summed E-state index contributed by atoms with van der Waals surface area (Å²) in [6.07, 6.45) is 6.70. The Labute approximate surface area is 118 Å². The van der Waals surface area contributed by atoms with Crippen molar-refractivity contribution in [1.29, 1.82) is 0 Å². The van der Waals surface area contributed by atoms with Crippen LogP contribution in [0.2, 0.25) is 0 Å². The number of aromatic amines is 1. The molecule has 106 valence electrons. The average molecular weight is 273 g/mol. The van der Waals surface area contributed by atoms with Crippen molar-refractivity contribution in [1.82, 2.24) is 24.8 Å². The van der Waals surface area contributed by atoms with E-state index in [1.165, 1.54) is 0 Å². The molecule has 0 radical (unpaired) electrons. The van der Waals surface area contributed by atoms with Crippen LogP contribution in [0, 0.1) is 6.92 Å². The Kier molecular flexibility index (Phi) is 3.64. The van der Waals surface area contributed by atoms with Crippen molar-refractivity contribution in [3.05, 3.63) is 35.7 Å². The molecule has 1 fully saturated rings. The molecular weight excluding hydrogens is 254 g/mol. The molecule has 0 amide bonds. The van der Waals surface area contributed by atoms with E-state index in [4.69, 9.17) is 4.74 Å². The number of nitrogens with zero attached hydrogens (tertiary/aromatic N) is 4. The van der Waals surface area contributed by atoms with Gasteiger partial charge < -0.3 is 9.72 Å². The molecule has 2 aromatic heterocycles. The Hall–Kier alpha value is -1.95. The van der Waals surface area contributed by atoms with Gasteiger partial charge in [0.1, 0.15) is 5.82 Å². The summed E-state index contributed by atoms with van der Waals surface area (Å²) in [4.78, 5) is 18.5. The lowest BCUT2D eigenvalue weighted by molar-refractivity contribution is 0.323. The Bertz CT molecular complexity index is 565. The first-order valence-corrected chi connectivity index (χ1v) is 6.83. The number of likely N-dealkylation sites (tertiary alicyclic amines) is 1. The van der Waals surface area contributed by atoms with Gasteiger partial charge in [0.25, 0.3) is 0 Å². The van der Waals surface area contributed by atoms with Crippen LogP contribution in [-0.2, 0) is 6.54 Å². The van der Waals surface area contributed by atoms with Crippen LogP contribution >= 0.6 is 0 Å². The Balaban J connectivity index is 1.59. The van der Waals surface area contributed by atoms with Gasteiger partial charge in [-0.3, -0.25) is 4.90 Å². The maximum atomic E-state index is 4.97. The Morgan fingerprint density at radius 3 is 2.75 bits per heavy atom. The second-order valence-corrected chi connectivity index (χ2v) is 5.25. The molecule has 3 heterocycles. The summed E-state index contributed by atoms with van der Waals surface area (Å²) < 4.78 is 4.97. The SMILES string of the molecule is COc1ncc(CN2CCC(c3ncc(C)[nH]3)C2)cn1. The summed E-state index contributed by atoms with van der Waals surface area (Å²) in [7, 11) is 1.57. The minimum atomic E-state index is 0.416. The summed E-state index contributed by atoms with van der Waals surface area (Å²) in [5, 5.41) is 0. The normalized spacial score (nSPS) is 19.4. The highest BCUT2D eigenvalue weighted by Gasteiger charge is 2.25. The van der Waals surface area contributed by atoms with Crippen LogP contribution in [0.4, 0.5) is 0 Å². The molecule has 6 nitrogen and oxygen atoms in total. The number of rotatable bonds is 4. The second kappa shape index (κ2) is 5.58. The van der Waals surface area contributed by atoms with E-state index in [0.717, 1.165) is 43.1 Å². The molecule has 1 saturated heterocycles. The molecule has 6 heteroatoms. The summed E-state index contributed by atoms with van der Waals surface area (Å²) in [5.74, 6) is 1.61. The quantitative estimate of drug-likeness (QED) is 0.914. The van der Waals surface area contributed by atoms with Gasteiger partial charge in [0.15, 0.2) is 0 Å². The number of nitrogens with one attached hydrogen (secondary N) is 1. The monoisotopic (exact) mass is 273 g/mol. The van der Waals surface area contributed by atoms with Gasteiger partial charge in [0.2, 0.25) is 0 Å².